The van der Waals surface area contributed by atoms with Crippen molar-refractivity contribution in [1.82, 2.24) is 14.5 Å². The van der Waals surface area contributed by atoms with Gasteiger partial charge in [-0.25, -0.2) is 9.78 Å². The van der Waals surface area contributed by atoms with Gasteiger partial charge in [-0.1, -0.05) is 0 Å². The van der Waals surface area contributed by atoms with E-state index in [0.717, 1.165) is 59.0 Å². The second-order valence-corrected chi connectivity index (χ2v) is 12.1. The molecular weight excluding hydrogens is 519 g/mol. The summed E-state index contributed by atoms with van der Waals surface area (Å²) in [6.07, 6.45) is 1.43. The lowest BCUT2D eigenvalue weighted by Gasteiger charge is -2.52. The maximum Gasteiger partial charge on any atom is 0.506 e. The molecule has 3 aliphatic carbocycles. The summed E-state index contributed by atoms with van der Waals surface area (Å²) < 4.78 is 46.8. The van der Waals surface area contributed by atoms with Crippen molar-refractivity contribution >= 4 is 34.4 Å². The van der Waals surface area contributed by atoms with Gasteiger partial charge >= 0.3 is 12.3 Å². The first-order valence-electron chi connectivity index (χ1n) is 12.9. The number of hydrogen-bond acceptors (Lipinski definition) is 5. The number of ether oxygens (including phenoxy) is 1. The van der Waals surface area contributed by atoms with Gasteiger partial charge in [0, 0.05) is 35.1 Å². The highest BCUT2D eigenvalue weighted by Gasteiger charge is 2.52. The highest BCUT2D eigenvalue weighted by atomic mass is 32.1. The second kappa shape index (κ2) is 9.00. The highest BCUT2D eigenvalue weighted by Crippen LogP contribution is 2.56. The number of fused-ring (bicyclic) bond motifs is 6. The molecule has 0 saturated heterocycles. The molecule has 0 unspecified atom stereocenters. The molecule has 1 amide bonds. The number of nitrogens with zero attached hydrogens (tertiary/aromatic N) is 3. The fourth-order valence-electron chi connectivity index (χ4n) is 6.68. The topological polar surface area (TPSA) is 84.7 Å². The van der Waals surface area contributed by atoms with Crippen molar-refractivity contribution in [1.29, 1.82) is 0 Å². The molecular formula is C27H28F3N3O4S. The van der Waals surface area contributed by atoms with Gasteiger partial charge in [-0.2, -0.15) is 13.2 Å². The largest absolute Gasteiger partial charge is 0.506 e. The molecule has 4 aliphatic rings. The molecule has 7 nitrogen and oxygen atoms in total. The Balaban J connectivity index is 1.22. The van der Waals surface area contributed by atoms with Gasteiger partial charge in [-0.3, -0.25) is 4.79 Å². The van der Waals surface area contributed by atoms with Crippen molar-refractivity contribution in [3.63, 3.8) is 0 Å². The Bertz CT molecular complexity index is 1390. The molecule has 0 radical (unpaired) electrons. The third-order valence-corrected chi connectivity index (χ3v) is 9.90. The Kier molecular flexibility index (Phi) is 5.97. The molecule has 0 spiro atoms. The van der Waals surface area contributed by atoms with E-state index in [1.54, 1.807) is 6.20 Å². The normalized spacial score (nSPS) is 25.0. The Morgan fingerprint density at radius 1 is 1.11 bits per heavy atom. The van der Waals surface area contributed by atoms with Crippen LogP contribution in [0.15, 0.2) is 30.5 Å². The van der Waals surface area contributed by atoms with E-state index in [2.05, 4.69) is 4.98 Å². The Labute approximate surface area is 221 Å². The zero-order chi connectivity index (χ0) is 26.7. The summed E-state index contributed by atoms with van der Waals surface area (Å²) in [5.74, 6) is 0.0736. The van der Waals surface area contributed by atoms with Crippen LogP contribution in [0.5, 0.6) is 0 Å². The number of thiophene rings is 1. The van der Waals surface area contributed by atoms with E-state index in [9.17, 15) is 22.8 Å². The minimum absolute atomic E-state index is 0.0736. The molecule has 38 heavy (non-hydrogen) atoms. The maximum atomic E-state index is 13.6. The molecule has 7 rings (SSSR count). The number of carboxylic acid groups (broad SMARTS) is 1. The molecule has 3 saturated carbocycles. The molecule has 1 N–H and O–H groups in total. The molecule has 3 fully saturated rings. The fourth-order valence-corrected chi connectivity index (χ4v) is 7.54. The summed E-state index contributed by atoms with van der Waals surface area (Å²) in [7, 11) is 0. The van der Waals surface area contributed by atoms with Crippen LogP contribution in [0.25, 0.3) is 11.0 Å². The summed E-state index contributed by atoms with van der Waals surface area (Å²) >= 11 is 0.737. The lowest BCUT2D eigenvalue weighted by atomic mass is 9.57. The predicted molar refractivity (Wildman–Crippen MR) is 134 cm³/mol. The zero-order valence-corrected chi connectivity index (χ0v) is 21.5. The SMILES string of the molecule is O=C(O)OC12CCC(CC(=O)N3CCc4c(n(Cc5ccc(C(F)(F)F)s5)c5ncccc45)C3)(CC1)CC2. The lowest BCUT2D eigenvalue weighted by molar-refractivity contribution is -0.144. The first kappa shape index (κ1) is 25.2. The van der Waals surface area contributed by atoms with Gasteiger partial charge in [0.1, 0.15) is 16.1 Å². The maximum absolute atomic E-state index is 13.6. The number of carbonyl (C=O) groups is 2. The van der Waals surface area contributed by atoms with Gasteiger partial charge in [-0.05, 0) is 80.2 Å². The Hall–Kier alpha value is -3.08. The predicted octanol–water partition coefficient (Wildman–Crippen LogP) is 6.23. The third-order valence-electron chi connectivity index (χ3n) is 8.78. The number of amides is 1. The van der Waals surface area contributed by atoms with Gasteiger partial charge in [-0.15, -0.1) is 11.3 Å². The van der Waals surface area contributed by atoms with Crippen molar-refractivity contribution in [3.05, 3.63) is 51.5 Å². The van der Waals surface area contributed by atoms with Gasteiger partial charge in [0.25, 0.3) is 0 Å². The van der Waals surface area contributed by atoms with E-state index in [-0.39, 0.29) is 17.9 Å². The van der Waals surface area contributed by atoms with E-state index in [1.807, 2.05) is 21.6 Å². The average molecular weight is 548 g/mol. The van der Waals surface area contributed by atoms with Crippen molar-refractivity contribution in [3.8, 4) is 0 Å². The van der Waals surface area contributed by atoms with Crippen LogP contribution in [0, 0.1) is 5.41 Å². The van der Waals surface area contributed by atoms with Gasteiger partial charge < -0.3 is 19.3 Å². The molecule has 4 heterocycles. The third kappa shape index (κ3) is 4.44. The summed E-state index contributed by atoms with van der Waals surface area (Å²) in [6.45, 7) is 1.24. The average Bonchev–Trinajstić information content (AvgIpc) is 3.48. The molecule has 3 aromatic rings. The number of carbonyl (C=O) groups excluding carboxylic acids is 1. The first-order chi connectivity index (χ1) is 18.1. The Morgan fingerprint density at radius 2 is 1.84 bits per heavy atom. The smallest absolute Gasteiger partial charge is 0.450 e. The van der Waals surface area contributed by atoms with Crippen LogP contribution in [-0.2, 0) is 35.2 Å². The molecule has 2 bridgehead atoms. The molecule has 0 aromatic carbocycles. The number of alkyl halides is 3. The summed E-state index contributed by atoms with van der Waals surface area (Å²) in [5.41, 5.74) is 2.04. The minimum atomic E-state index is -4.38. The van der Waals surface area contributed by atoms with E-state index >= 15 is 0 Å². The minimum Gasteiger partial charge on any atom is -0.450 e. The first-order valence-corrected chi connectivity index (χ1v) is 13.7. The van der Waals surface area contributed by atoms with E-state index < -0.39 is 22.8 Å². The van der Waals surface area contributed by atoms with Crippen molar-refractivity contribution in [2.24, 2.45) is 5.41 Å². The van der Waals surface area contributed by atoms with E-state index in [4.69, 9.17) is 9.84 Å². The number of rotatable bonds is 5. The van der Waals surface area contributed by atoms with Crippen LogP contribution in [0.3, 0.4) is 0 Å². The lowest BCUT2D eigenvalue weighted by Crippen LogP contribution is -2.50. The number of hydrogen-bond donors (Lipinski definition) is 1. The summed E-state index contributed by atoms with van der Waals surface area (Å²) in [4.78, 5) is 31.1. The van der Waals surface area contributed by atoms with Crippen LogP contribution >= 0.6 is 11.3 Å². The molecule has 1 aliphatic heterocycles. The van der Waals surface area contributed by atoms with Gasteiger partial charge in [0.2, 0.25) is 5.91 Å². The monoisotopic (exact) mass is 547 g/mol. The van der Waals surface area contributed by atoms with E-state index in [1.165, 1.54) is 6.07 Å². The molecule has 3 aromatic heterocycles. The fraction of sp³-hybridized carbons (Fsp3) is 0.519. The standard InChI is InChI=1S/C27H28F3N3O4S/c28-27(29,30)21-4-3-17(38-21)15-33-20-16-32(13-5-18(20)19-2-1-12-31-23(19)33)22(34)14-25-6-9-26(10-7-25,11-8-25)37-24(35)36/h1-4,12H,5-11,13-16H2,(H,35,36). The van der Waals surface area contributed by atoms with Crippen LogP contribution < -0.4 is 0 Å². The van der Waals surface area contributed by atoms with Crippen LogP contribution in [0.1, 0.15) is 66.0 Å². The van der Waals surface area contributed by atoms with Crippen LogP contribution in [0.2, 0.25) is 0 Å². The van der Waals surface area contributed by atoms with Crippen LogP contribution in [-0.4, -0.2) is 43.8 Å². The number of pyridine rings is 1. The zero-order valence-electron chi connectivity index (χ0n) is 20.7. The van der Waals surface area contributed by atoms with Crippen LogP contribution in [0.4, 0.5) is 18.0 Å². The molecule has 11 heteroatoms. The van der Waals surface area contributed by atoms with Crippen molar-refractivity contribution in [2.75, 3.05) is 6.54 Å². The number of aromatic nitrogens is 2. The van der Waals surface area contributed by atoms with Gasteiger partial charge in [0.05, 0.1) is 13.1 Å². The quantitative estimate of drug-likeness (QED) is 0.383. The highest BCUT2D eigenvalue weighted by molar-refractivity contribution is 7.12. The molecule has 202 valence electrons. The second-order valence-electron chi connectivity index (χ2n) is 10.9. The van der Waals surface area contributed by atoms with Gasteiger partial charge in [0.15, 0.2) is 0 Å². The van der Waals surface area contributed by atoms with Crippen molar-refractivity contribution in [2.45, 2.75) is 76.2 Å². The summed E-state index contributed by atoms with van der Waals surface area (Å²) in [6, 6.07) is 6.47. The summed E-state index contributed by atoms with van der Waals surface area (Å²) in [5, 5.41) is 10.1. The molecule has 0 atom stereocenters. The number of halogens is 3. The Morgan fingerprint density at radius 3 is 2.50 bits per heavy atom. The van der Waals surface area contributed by atoms with Crippen molar-refractivity contribution < 1.29 is 32.6 Å². The van der Waals surface area contributed by atoms with E-state index in [0.29, 0.717) is 50.1 Å².